The van der Waals surface area contributed by atoms with Gasteiger partial charge in [-0.1, -0.05) is 0 Å². The van der Waals surface area contributed by atoms with E-state index in [0.29, 0.717) is 23.2 Å². The Labute approximate surface area is 121 Å². The molecule has 1 aliphatic rings. The third kappa shape index (κ3) is 3.22. The van der Waals surface area contributed by atoms with E-state index in [4.69, 9.17) is 0 Å². The minimum Gasteiger partial charge on any atom is -0.300 e. The molecule has 0 radical (unpaired) electrons. The van der Waals surface area contributed by atoms with Crippen LogP contribution < -0.4 is 10.6 Å². The molecule has 0 spiro atoms. The van der Waals surface area contributed by atoms with Gasteiger partial charge in [0.1, 0.15) is 0 Å². The van der Waals surface area contributed by atoms with Gasteiger partial charge in [-0.25, -0.2) is 0 Å². The summed E-state index contributed by atoms with van der Waals surface area (Å²) in [5.74, 6) is -0.649. The van der Waals surface area contributed by atoms with E-state index in [1.807, 2.05) is 0 Å². The third-order valence-electron chi connectivity index (χ3n) is 3.51. The lowest BCUT2D eigenvalue weighted by Crippen LogP contribution is -2.50. The first-order valence-electron chi connectivity index (χ1n) is 6.56. The normalized spacial score (nSPS) is 18.5. The van der Waals surface area contributed by atoms with Crippen LogP contribution in [-0.2, 0) is 16.1 Å². The summed E-state index contributed by atoms with van der Waals surface area (Å²) in [5.41, 5.74) is 1.56. The zero-order chi connectivity index (χ0) is 15.6. The maximum Gasteiger partial charge on any atom is 0.278 e. The summed E-state index contributed by atoms with van der Waals surface area (Å²) in [4.78, 5) is 37.5. The van der Waals surface area contributed by atoms with Crippen molar-refractivity contribution < 1.29 is 14.5 Å². The molecular formula is C13H16N4O4. The van der Waals surface area contributed by atoms with Gasteiger partial charge in [0.25, 0.3) is 5.69 Å². The summed E-state index contributed by atoms with van der Waals surface area (Å²) in [7, 11) is 0. The summed E-state index contributed by atoms with van der Waals surface area (Å²) in [6.07, 6.45) is 2.15. The largest absolute Gasteiger partial charge is 0.300 e. The van der Waals surface area contributed by atoms with E-state index in [1.165, 1.54) is 6.20 Å². The number of nitro groups is 1. The molecule has 21 heavy (non-hydrogen) atoms. The molecule has 1 fully saturated rings. The van der Waals surface area contributed by atoms with Crippen LogP contribution in [-0.4, -0.2) is 27.8 Å². The molecule has 1 aromatic rings. The number of piperidine rings is 1. The lowest BCUT2D eigenvalue weighted by Gasteiger charge is -2.22. The van der Waals surface area contributed by atoms with Crippen LogP contribution in [0, 0.1) is 24.0 Å². The van der Waals surface area contributed by atoms with Crippen molar-refractivity contribution in [2.75, 3.05) is 0 Å². The molecule has 1 aromatic heterocycles. The molecule has 0 aliphatic carbocycles. The molecule has 2 rings (SSSR count). The average Bonchev–Trinajstić information content (AvgIpc) is 2.39. The number of carbonyl (C=O) groups excluding carboxylic acids is 2. The number of hydrogen-bond donors (Lipinski definition) is 2. The van der Waals surface area contributed by atoms with Crippen molar-refractivity contribution in [2.45, 2.75) is 39.3 Å². The SMILES string of the molecule is Cc1cnc(CNC2CCC(=O)NC2=O)c(C)c1[N+](=O)[O-]. The van der Waals surface area contributed by atoms with Gasteiger partial charge in [0, 0.05) is 30.3 Å². The molecule has 1 unspecified atom stereocenters. The fourth-order valence-corrected chi connectivity index (χ4v) is 2.33. The second kappa shape index (κ2) is 5.96. The predicted octanol–water partition coefficient (Wildman–Crippen LogP) is 0.501. The minimum atomic E-state index is -0.482. The van der Waals surface area contributed by atoms with E-state index < -0.39 is 11.0 Å². The van der Waals surface area contributed by atoms with Crippen LogP contribution in [0.5, 0.6) is 0 Å². The van der Waals surface area contributed by atoms with E-state index >= 15 is 0 Å². The van der Waals surface area contributed by atoms with Gasteiger partial charge in [-0.2, -0.15) is 0 Å². The summed E-state index contributed by atoms with van der Waals surface area (Å²) in [6, 6.07) is -0.482. The van der Waals surface area contributed by atoms with Crippen molar-refractivity contribution in [3.8, 4) is 0 Å². The number of nitrogens with zero attached hydrogens (tertiary/aromatic N) is 2. The molecule has 112 valence electrons. The van der Waals surface area contributed by atoms with Gasteiger partial charge in [0.2, 0.25) is 11.8 Å². The van der Waals surface area contributed by atoms with Crippen molar-refractivity contribution in [3.05, 3.63) is 33.1 Å². The highest BCUT2D eigenvalue weighted by molar-refractivity contribution is 6.00. The van der Waals surface area contributed by atoms with E-state index in [1.54, 1.807) is 13.8 Å². The van der Waals surface area contributed by atoms with Crippen LogP contribution in [0.15, 0.2) is 6.20 Å². The van der Waals surface area contributed by atoms with Gasteiger partial charge in [0.15, 0.2) is 0 Å². The maximum absolute atomic E-state index is 11.6. The quantitative estimate of drug-likeness (QED) is 0.474. The van der Waals surface area contributed by atoms with Crippen molar-refractivity contribution in [1.29, 1.82) is 0 Å². The van der Waals surface area contributed by atoms with Gasteiger partial charge >= 0.3 is 0 Å². The second-order valence-electron chi connectivity index (χ2n) is 5.00. The first-order chi connectivity index (χ1) is 9.90. The van der Waals surface area contributed by atoms with Gasteiger partial charge in [0.05, 0.1) is 16.7 Å². The highest BCUT2D eigenvalue weighted by atomic mass is 16.6. The molecule has 1 atom stereocenters. The number of rotatable bonds is 4. The predicted molar refractivity (Wildman–Crippen MR) is 73.4 cm³/mol. The van der Waals surface area contributed by atoms with Crippen LogP contribution in [0.3, 0.4) is 0 Å². The van der Waals surface area contributed by atoms with Crippen molar-refractivity contribution >= 4 is 17.5 Å². The monoisotopic (exact) mass is 292 g/mol. The first-order valence-corrected chi connectivity index (χ1v) is 6.56. The summed E-state index contributed by atoms with van der Waals surface area (Å²) < 4.78 is 0. The summed E-state index contributed by atoms with van der Waals surface area (Å²) >= 11 is 0. The molecule has 2 amide bonds. The fraction of sp³-hybridized carbons (Fsp3) is 0.462. The number of aryl methyl sites for hydroxylation is 1. The Bertz CT molecular complexity index is 614. The molecule has 0 aromatic carbocycles. The van der Waals surface area contributed by atoms with Gasteiger partial charge in [-0.05, 0) is 20.3 Å². The van der Waals surface area contributed by atoms with Gasteiger partial charge in [-0.15, -0.1) is 0 Å². The van der Waals surface area contributed by atoms with Crippen LogP contribution in [0.2, 0.25) is 0 Å². The number of carbonyl (C=O) groups is 2. The van der Waals surface area contributed by atoms with E-state index in [2.05, 4.69) is 15.6 Å². The molecule has 0 saturated carbocycles. The molecule has 0 bridgehead atoms. The highest BCUT2D eigenvalue weighted by Crippen LogP contribution is 2.24. The average molecular weight is 292 g/mol. The number of pyridine rings is 1. The molecule has 1 saturated heterocycles. The Morgan fingerprint density at radius 3 is 2.81 bits per heavy atom. The Morgan fingerprint density at radius 2 is 2.19 bits per heavy atom. The van der Waals surface area contributed by atoms with Crippen molar-refractivity contribution in [2.24, 2.45) is 0 Å². The van der Waals surface area contributed by atoms with E-state index in [9.17, 15) is 19.7 Å². The lowest BCUT2D eigenvalue weighted by atomic mass is 10.1. The fourth-order valence-electron chi connectivity index (χ4n) is 2.33. The molecule has 2 N–H and O–H groups in total. The number of aromatic nitrogens is 1. The first kappa shape index (κ1) is 15.0. The zero-order valence-electron chi connectivity index (χ0n) is 11.8. The lowest BCUT2D eigenvalue weighted by molar-refractivity contribution is -0.386. The Balaban J connectivity index is 2.10. The number of nitrogens with one attached hydrogen (secondary N) is 2. The zero-order valence-corrected chi connectivity index (χ0v) is 11.8. The molecule has 8 nitrogen and oxygen atoms in total. The number of amides is 2. The standard InChI is InChI=1S/C13H16N4O4/c1-7-5-14-10(8(2)12(7)17(20)21)6-15-9-3-4-11(18)16-13(9)19/h5,9,15H,3-4,6H2,1-2H3,(H,16,18,19). The molecule has 1 aliphatic heterocycles. The van der Waals surface area contributed by atoms with E-state index in [0.717, 1.165) is 0 Å². The van der Waals surface area contributed by atoms with Crippen LogP contribution in [0.25, 0.3) is 0 Å². The molecule has 8 heteroatoms. The minimum absolute atomic E-state index is 0.0464. The maximum atomic E-state index is 11.6. The Hall–Kier alpha value is -2.35. The van der Waals surface area contributed by atoms with Crippen LogP contribution in [0.1, 0.15) is 29.7 Å². The smallest absolute Gasteiger partial charge is 0.278 e. The number of imide groups is 1. The molecule has 2 heterocycles. The van der Waals surface area contributed by atoms with Crippen molar-refractivity contribution in [1.82, 2.24) is 15.6 Å². The Morgan fingerprint density at radius 1 is 1.48 bits per heavy atom. The topological polar surface area (TPSA) is 114 Å². The summed E-state index contributed by atoms with van der Waals surface area (Å²) in [5, 5.41) is 16.3. The Kier molecular flexibility index (Phi) is 4.27. The highest BCUT2D eigenvalue weighted by Gasteiger charge is 2.26. The number of hydrogen-bond acceptors (Lipinski definition) is 6. The third-order valence-corrected chi connectivity index (χ3v) is 3.51. The van der Waals surface area contributed by atoms with E-state index in [-0.39, 0.29) is 30.5 Å². The van der Waals surface area contributed by atoms with Crippen LogP contribution >= 0.6 is 0 Å². The molecular weight excluding hydrogens is 276 g/mol. The van der Waals surface area contributed by atoms with Crippen LogP contribution in [0.4, 0.5) is 5.69 Å². The summed E-state index contributed by atoms with van der Waals surface area (Å²) in [6.45, 7) is 3.51. The van der Waals surface area contributed by atoms with Crippen molar-refractivity contribution in [3.63, 3.8) is 0 Å². The van der Waals surface area contributed by atoms with Gasteiger partial charge < -0.3 is 5.32 Å². The second-order valence-corrected chi connectivity index (χ2v) is 5.00. The van der Waals surface area contributed by atoms with Gasteiger partial charge in [-0.3, -0.25) is 30.0 Å².